The van der Waals surface area contributed by atoms with Gasteiger partial charge in [-0.2, -0.15) is 5.10 Å². The van der Waals surface area contributed by atoms with Crippen LogP contribution in [0.3, 0.4) is 0 Å². The summed E-state index contributed by atoms with van der Waals surface area (Å²) in [5.41, 5.74) is 1.14. The van der Waals surface area contributed by atoms with Gasteiger partial charge in [-0.1, -0.05) is 0 Å². The number of carbonyl (C=O) groups excluding carboxylic acids is 1. The summed E-state index contributed by atoms with van der Waals surface area (Å²) >= 11 is 0. The Labute approximate surface area is 120 Å². The van der Waals surface area contributed by atoms with Gasteiger partial charge in [-0.05, 0) is 26.5 Å². The molecule has 1 amide bonds. The second-order valence-electron chi connectivity index (χ2n) is 5.59. The van der Waals surface area contributed by atoms with Crippen molar-refractivity contribution in [3.8, 4) is 0 Å². The van der Waals surface area contributed by atoms with E-state index >= 15 is 0 Å². The van der Waals surface area contributed by atoms with Crippen LogP contribution in [0.4, 0.5) is 0 Å². The number of piperazine rings is 1. The Morgan fingerprint density at radius 1 is 1.40 bits per heavy atom. The van der Waals surface area contributed by atoms with Crippen LogP contribution < -0.4 is 5.32 Å². The van der Waals surface area contributed by atoms with Gasteiger partial charge in [0.25, 0.3) is 0 Å². The smallest absolute Gasteiger partial charge is 0.237 e. The molecule has 1 aliphatic heterocycles. The van der Waals surface area contributed by atoms with Crippen LogP contribution in [-0.2, 0) is 11.3 Å². The van der Waals surface area contributed by atoms with E-state index in [2.05, 4.69) is 27.3 Å². The molecule has 1 saturated heterocycles. The second kappa shape index (κ2) is 6.85. The van der Waals surface area contributed by atoms with Gasteiger partial charge in [-0.15, -0.1) is 0 Å². The predicted molar refractivity (Wildman–Crippen MR) is 78.5 cm³/mol. The Morgan fingerprint density at radius 2 is 2.10 bits per heavy atom. The van der Waals surface area contributed by atoms with Gasteiger partial charge in [0.15, 0.2) is 0 Å². The zero-order valence-electron chi connectivity index (χ0n) is 12.7. The fourth-order valence-corrected chi connectivity index (χ4v) is 2.41. The number of hydrogen-bond donors (Lipinski definition) is 1. The molecular formula is C14H25N5O. The molecule has 0 aromatic carbocycles. The summed E-state index contributed by atoms with van der Waals surface area (Å²) in [5, 5.41) is 7.20. The number of carbonyl (C=O) groups is 1. The van der Waals surface area contributed by atoms with Crippen molar-refractivity contribution in [2.45, 2.75) is 26.4 Å². The van der Waals surface area contributed by atoms with Crippen molar-refractivity contribution in [3.05, 3.63) is 18.0 Å². The highest BCUT2D eigenvalue weighted by Gasteiger charge is 2.23. The molecule has 2 rings (SSSR count). The lowest BCUT2D eigenvalue weighted by atomic mass is 10.2. The van der Waals surface area contributed by atoms with E-state index in [9.17, 15) is 4.79 Å². The Kier molecular flexibility index (Phi) is 5.14. The van der Waals surface area contributed by atoms with E-state index in [1.54, 1.807) is 0 Å². The first-order valence-electron chi connectivity index (χ1n) is 7.25. The highest BCUT2D eigenvalue weighted by Crippen LogP contribution is 2.04. The minimum Gasteiger partial charge on any atom is -0.353 e. The molecule has 1 atom stereocenters. The summed E-state index contributed by atoms with van der Waals surface area (Å²) in [5.74, 6) is 0.110. The first-order chi connectivity index (χ1) is 9.56. The fourth-order valence-electron chi connectivity index (χ4n) is 2.41. The van der Waals surface area contributed by atoms with Crippen LogP contribution in [0.15, 0.2) is 12.4 Å². The SMILES string of the molecule is Cc1cnn(CCNC(=O)[C@H](C)N2CCN(C)CC2)c1. The molecule has 0 aliphatic carbocycles. The molecule has 0 saturated carbocycles. The molecule has 112 valence electrons. The highest BCUT2D eigenvalue weighted by atomic mass is 16.2. The molecule has 1 aromatic heterocycles. The van der Waals surface area contributed by atoms with Gasteiger partial charge in [0.2, 0.25) is 5.91 Å². The lowest BCUT2D eigenvalue weighted by Gasteiger charge is -2.35. The number of nitrogens with zero attached hydrogens (tertiary/aromatic N) is 4. The van der Waals surface area contributed by atoms with E-state index in [0.29, 0.717) is 6.54 Å². The van der Waals surface area contributed by atoms with Gasteiger partial charge >= 0.3 is 0 Å². The number of aryl methyl sites for hydroxylation is 1. The standard InChI is InChI=1S/C14H25N5O/c1-12-10-16-19(11-12)5-4-15-14(20)13(2)18-8-6-17(3)7-9-18/h10-11,13H,4-9H2,1-3H3,(H,15,20)/t13-/m0/s1. The summed E-state index contributed by atoms with van der Waals surface area (Å²) in [6, 6.07) is -0.0527. The zero-order valence-corrected chi connectivity index (χ0v) is 12.7. The number of rotatable bonds is 5. The van der Waals surface area contributed by atoms with Gasteiger partial charge in [0.05, 0.1) is 18.8 Å². The van der Waals surface area contributed by atoms with Crippen molar-refractivity contribution in [3.63, 3.8) is 0 Å². The predicted octanol–water partition coefficient (Wildman–Crippen LogP) is -0.0564. The number of aromatic nitrogens is 2. The van der Waals surface area contributed by atoms with Gasteiger partial charge in [-0.3, -0.25) is 14.4 Å². The summed E-state index contributed by atoms with van der Waals surface area (Å²) in [7, 11) is 2.12. The third-order valence-corrected chi connectivity index (χ3v) is 3.87. The minimum absolute atomic E-state index is 0.0527. The molecule has 0 bridgehead atoms. The molecule has 1 fully saturated rings. The highest BCUT2D eigenvalue weighted by molar-refractivity contribution is 5.81. The Balaban J connectivity index is 1.71. The minimum atomic E-state index is -0.0527. The number of nitrogens with one attached hydrogen (secondary N) is 1. The monoisotopic (exact) mass is 279 g/mol. The van der Waals surface area contributed by atoms with Crippen molar-refractivity contribution in [2.24, 2.45) is 0 Å². The Hall–Kier alpha value is -1.40. The van der Waals surface area contributed by atoms with E-state index in [4.69, 9.17) is 0 Å². The molecule has 0 spiro atoms. The normalized spacial score (nSPS) is 18.9. The largest absolute Gasteiger partial charge is 0.353 e. The molecule has 0 radical (unpaired) electrons. The van der Waals surface area contributed by atoms with Gasteiger partial charge in [-0.25, -0.2) is 0 Å². The van der Waals surface area contributed by atoms with Crippen LogP contribution in [0.1, 0.15) is 12.5 Å². The number of hydrogen-bond acceptors (Lipinski definition) is 4. The number of amides is 1. The fraction of sp³-hybridized carbons (Fsp3) is 0.714. The van der Waals surface area contributed by atoms with Crippen LogP contribution in [0.25, 0.3) is 0 Å². The summed E-state index contributed by atoms with van der Waals surface area (Å²) < 4.78 is 1.86. The molecular weight excluding hydrogens is 254 g/mol. The van der Waals surface area contributed by atoms with E-state index in [1.807, 2.05) is 30.9 Å². The Morgan fingerprint density at radius 3 is 2.70 bits per heavy atom. The maximum absolute atomic E-state index is 12.1. The summed E-state index contributed by atoms with van der Waals surface area (Å²) in [6.07, 6.45) is 3.81. The van der Waals surface area contributed by atoms with Crippen molar-refractivity contribution in [1.29, 1.82) is 0 Å². The topological polar surface area (TPSA) is 53.4 Å². The molecule has 6 heteroatoms. The second-order valence-corrected chi connectivity index (χ2v) is 5.59. The maximum atomic E-state index is 12.1. The van der Waals surface area contributed by atoms with Gasteiger partial charge < -0.3 is 10.2 Å². The average molecular weight is 279 g/mol. The Bertz CT molecular complexity index is 437. The number of likely N-dealkylation sites (N-methyl/N-ethyl adjacent to an activating group) is 1. The molecule has 1 aromatic rings. The molecule has 6 nitrogen and oxygen atoms in total. The molecule has 1 N–H and O–H groups in total. The molecule has 20 heavy (non-hydrogen) atoms. The van der Waals surface area contributed by atoms with Crippen LogP contribution in [0, 0.1) is 6.92 Å². The molecule has 1 aliphatic rings. The third-order valence-electron chi connectivity index (χ3n) is 3.87. The van der Waals surface area contributed by atoms with Crippen molar-refractivity contribution < 1.29 is 4.79 Å². The van der Waals surface area contributed by atoms with Crippen LogP contribution >= 0.6 is 0 Å². The van der Waals surface area contributed by atoms with E-state index < -0.39 is 0 Å². The zero-order chi connectivity index (χ0) is 14.5. The third kappa shape index (κ3) is 4.05. The van der Waals surface area contributed by atoms with Crippen molar-refractivity contribution in [2.75, 3.05) is 39.8 Å². The summed E-state index contributed by atoms with van der Waals surface area (Å²) in [6.45, 7) is 9.32. The van der Waals surface area contributed by atoms with Crippen molar-refractivity contribution in [1.82, 2.24) is 24.9 Å². The van der Waals surface area contributed by atoms with Crippen molar-refractivity contribution >= 4 is 5.91 Å². The lowest BCUT2D eigenvalue weighted by Crippen LogP contribution is -2.53. The quantitative estimate of drug-likeness (QED) is 0.821. The first kappa shape index (κ1) is 15.0. The van der Waals surface area contributed by atoms with Gasteiger partial charge in [0, 0.05) is 38.9 Å². The molecule has 0 unspecified atom stereocenters. The van der Waals surface area contributed by atoms with Crippen LogP contribution in [0.2, 0.25) is 0 Å². The van der Waals surface area contributed by atoms with E-state index in [1.165, 1.54) is 0 Å². The lowest BCUT2D eigenvalue weighted by molar-refractivity contribution is -0.126. The summed E-state index contributed by atoms with van der Waals surface area (Å²) in [4.78, 5) is 16.7. The first-order valence-corrected chi connectivity index (χ1v) is 7.25. The molecule has 2 heterocycles. The van der Waals surface area contributed by atoms with E-state index in [-0.39, 0.29) is 11.9 Å². The maximum Gasteiger partial charge on any atom is 0.237 e. The van der Waals surface area contributed by atoms with Crippen LogP contribution in [0.5, 0.6) is 0 Å². The van der Waals surface area contributed by atoms with E-state index in [0.717, 1.165) is 38.3 Å². The van der Waals surface area contributed by atoms with Gasteiger partial charge in [0.1, 0.15) is 0 Å². The van der Waals surface area contributed by atoms with Crippen LogP contribution in [-0.4, -0.2) is 71.3 Å². The average Bonchev–Trinajstić information content (AvgIpc) is 2.84.